The number of ether oxygens (including phenoxy) is 1. The highest BCUT2D eigenvalue weighted by atomic mass is 32.1. The van der Waals surface area contributed by atoms with Crippen molar-refractivity contribution < 1.29 is 17.9 Å². The molecule has 0 spiro atoms. The van der Waals surface area contributed by atoms with Crippen molar-refractivity contribution in [1.82, 2.24) is 10.3 Å². The Morgan fingerprint density at radius 2 is 2.00 bits per heavy atom. The van der Waals surface area contributed by atoms with Crippen LogP contribution in [0.25, 0.3) is 0 Å². The molecule has 0 radical (unpaired) electrons. The molecule has 108 valence electrons. The molecule has 3 nitrogen and oxygen atoms in total. The van der Waals surface area contributed by atoms with E-state index in [1.165, 1.54) is 23.5 Å². The molecule has 0 fully saturated rings. The number of aromatic nitrogens is 1. The van der Waals surface area contributed by atoms with Crippen LogP contribution < -0.4 is 10.1 Å². The molecule has 1 N–H and O–H groups in total. The molecule has 1 aromatic heterocycles. The second-order valence-corrected chi connectivity index (χ2v) is 5.06. The average Bonchev–Trinajstić information content (AvgIpc) is 2.75. The highest BCUT2D eigenvalue weighted by Crippen LogP contribution is 2.26. The van der Waals surface area contributed by atoms with E-state index >= 15 is 0 Å². The maximum Gasteiger partial charge on any atom is 0.573 e. The van der Waals surface area contributed by atoms with Crippen molar-refractivity contribution in [3.63, 3.8) is 0 Å². The lowest BCUT2D eigenvalue weighted by Crippen LogP contribution is -2.20. The van der Waals surface area contributed by atoms with E-state index in [4.69, 9.17) is 0 Å². The number of hydrogen-bond acceptors (Lipinski definition) is 4. The molecule has 7 heteroatoms. The Hall–Kier alpha value is -1.60. The van der Waals surface area contributed by atoms with Gasteiger partial charge in [-0.1, -0.05) is 18.2 Å². The summed E-state index contributed by atoms with van der Waals surface area (Å²) in [6.45, 7) is 2.76. The van der Waals surface area contributed by atoms with Crippen LogP contribution in [-0.4, -0.2) is 11.3 Å². The molecule has 0 unspecified atom stereocenters. The first-order valence-electron chi connectivity index (χ1n) is 5.89. The summed E-state index contributed by atoms with van der Waals surface area (Å²) in [5.41, 5.74) is 3.14. The van der Waals surface area contributed by atoms with Gasteiger partial charge in [0.15, 0.2) is 0 Å². The van der Waals surface area contributed by atoms with E-state index in [0.29, 0.717) is 18.7 Å². The van der Waals surface area contributed by atoms with Crippen molar-refractivity contribution in [3.05, 3.63) is 45.9 Å². The lowest BCUT2D eigenvalue weighted by Gasteiger charge is -2.13. The molecule has 1 heterocycles. The number of nitrogens with one attached hydrogen (secondary N) is 1. The van der Waals surface area contributed by atoms with Gasteiger partial charge in [-0.3, -0.25) is 0 Å². The molecule has 0 aliphatic carbocycles. The highest BCUT2D eigenvalue weighted by molar-refractivity contribution is 7.09. The predicted molar refractivity (Wildman–Crippen MR) is 70.5 cm³/mol. The smallest absolute Gasteiger partial charge is 0.405 e. The summed E-state index contributed by atoms with van der Waals surface area (Å²) < 4.78 is 40.8. The number of para-hydroxylation sites is 1. The molecule has 1 aromatic carbocycles. The maximum absolute atomic E-state index is 12.3. The van der Waals surface area contributed by atoms with E-state index in [9.17, 15) is 13.2 Å². The number of rotatable bonds is 5. The van der Waals surface area contributed by atoms with Crippen molar-refractivity contribution in [2.45, 2.75) is 26.4 Å². The fourth-order valence-electron chi connectivity index (χ4n) is 1.68. The molecule has 20 heavy (non-hydrogen) atoms. The van der Waals surface area contributed by atoms with Crippen molar-refractivity contribution in [2.75, 3.05) is 0 Å². The lowest BCUT2D eigenvalue weighted by atomic mass is 10.2. The van der Waals surface area contributed by atoms with Crippen LogP contribution in [0.4, 0.5) is 13.2 Å². The number of nitrogens with zero attached hydrogens (tertiary/aromatic N) is 1. The second kappa shape index (κ2) is 6.23. The minimum Gasteiger partial charge on any atom is -0.405 e. The molecule has 0 aliphatic heterocycles. The first-order valence-corrected chi connectivity index (χ1v) is 6.77. The summed E-state index contributed by atoms with van der Waals surface area (Å²) in [5, 5.41) is 3.09. The highest BCUT2D eigenvalue weighted by Gasteiger charge is 2.31. The Labute approximate surface area is 118 Å². The summed E-state index contributed by atoms with van der Waals surface area (Å²) in [7, 11) is 0. The third-order valence-corrected chi connectivity index (χ3v) is 3.58. The van der Waals surface area contributed by atoms with Gasteiger partial charge in [0.25, 0.3) is 0 Å². The van der Waals surface area contributed by atoms with Gasteiger partial charge in [-0.25, -0.2) is 4.98 Å². The molecule has 2 rings (SSSR count). The zero-order valence-corrected chi connectivity index (χ0v) is 11.5. The van der Waals surface area contributed by atoms with Crippen LogP contribution >= 0.6 is 11.3 Å². The molecule has 0 bridgehead atoms. The number of thiazole rings is 1. The zero-order valence-electron chi connectivity index (χ0n) is 10.7. The van der Waals surface area contributed by atoms with E-state index in [-0.39, 0.29) is 5.75 Å². The predicted octanol–water partition coefficient (Wildman–Crippen LogP) is 3.64. The molecular formula is C13H13F3N2OS. The van der Waals surface area contributed by atoms with Crippen LogP contribution in [0.1, 0.15) is 16.1 Å². The van der Waals surface area contributed by atoms with Crippen molar-refractivity contribution in [2.24, 2.45) is 0 Å². The van der Waals surface area contributed by atoms with E-state index < -0.39 is 6.36 Å². The van der Waals surface area contributed by atoms with Gasteiger partial charge in [-0.15, -0.1) is 24.5 Å². The average molecular weight is 302 g/mol. The molecule has 2 aromatic rings. The Morgan fingerprint density at radius 1 is 1.25 bits per heavy atom. The first-order chi connectivity index (χ1) is 9.46. The van der Waals surface area contributed by atoms with Crippen LogP contribution in [0, 0.1) is 6.92 Å². The van der Waals surface area contributed by atoms with Crippen LogP contribution in [0.15, 0.2) is 29.8 Å². The van der Waals surface area contributed by atoms with E-state index in [2.05, 4.69) is 15.0 Å². The van der Waals surface area contributed by atoms with Gasteiger partial charge in [0.2, 0.25) is 0 Å². The van der Waals surface area contributed by atoms with Crippen LogP contribution in [0.5, 0.6) is 5.75 Å². The first kappa shape index (κ1) is 14.8. The van der Waals surface area contributed by atoms with Crippen LogP contribution in [0.3, 0.4) is 0 Å². The number of benzene rings is 1. The summed E-state index contributed by atoms with van der Waals surface area (Å²) in [6.07, 6.45) is -4.68. The molecular weight excluding hydrogens is 289 g/mol. The Balaban J connectivity index is 1.97. The summed E-state index contributed by atoms with van der Waals surface area (Å²) in [4.78, 5) is 5.18. The van der Waals surface area contributed by atoms with Gasteiger partial charge >= 0.3 is 6.36 Å². The van der Waals surface area contributed by atoms with Gasteiger partial charge in [-0.05, 0) is 13.0 Å². The molecule has 0 amide bonds. The van der Waals surface area contributed by atoms with E-state index in [1.54, 1.807) is 17.6 Å². The summed E-state index contributed by atoms with van der Waals surface area (Å²) in [6, 6.07) is 6.10. The minimum absolute atomic E-state index is 0.173. The number of alkyl halides is 3. The summed E-state index contributed by atoms with van der Waals surface area (Å²) in [5.74, 6) is -0.173. The maximum atomic E-state index is 12.3. The van der Waals surface area contributed by atoms with Crippen molar-refractivity contribution in [3.8, 4) is 5.75 Å². The number of halogens is 3. The normalized spacial score (nSPS) is 11.6. The SMILES string of the molecule is Cc1ncsc1CNCc1ccccc1OC(F)(F)F. The van der Waals surface area contributed by atoms with Gasteiger partial charge in [-0.2, -0.15) is 0 Å². The summed E-state index contributed by atoms with van der Waals surface area (Å²) >= 11 is 1.51. The Kier molecular flexibility index (Phi) is 4.61. The van der Waals surface area contributed by atoms with Crippen LogP contribution in [0.2, 0.25) is 0 Å². The molecule has 0 aliphatic rings. The number of hydrogen-bond donors (Lipinski definition) is 1. The molecule has 0 atom stereocenters. The van der Waals surface area contributed by atoms with Gasteiger partial charge < -0.3 is 10.1 Å². The second-order valence-electron chi connectivity index (χ2n) is 4.12. The monoisotopic (exact) mass is 302 g/mol. The topological polar surface area (TPSA) is 34.2 Å². The largest absolute Gasteiger partial charge is 0.573 e. The fourth-order valence-corrected chi connectivity index (χ4v) is 2.43. The van der Waals surface area contributed by atoms with Gasteiger partial charge in [0.1, 0.15) is 5.75 Å². The van der Waals surface area contributed by atoms with E-state index in [1.807, 2.05) is 6.92 Å². The Bertz CT molecular complexity index is 569. The van der Waals surface area contributed by atoms with Crippen molar-refractivity contribution in [1.29, 1.82) is 0 Å². The molecule has 0 saturated heterocycles. The third kappa shape index (κ3) is 4.21. The van der Waals surface area contributed by atoms with Gasteiger partial charge in [0.05, 0.1) is 11.2 Å². The van der Waals surface area contributed by atoms with Gasteiger partial charge in [0, 0.05) is 23.5 Å². The number of aryl methyl sites for hydroxylation is 1. The minimum atomic E-state index is -4.68. The Morgan fingerprint density at radius 3 is 2.65 bits per heavy atom. The van der Waals surface area contributed by atoms with Crippen molar-refractivity contribution >= 4 is 11.3 Å². The quantitative estimate of drug-likeness (QED) is 0.915. The van der Waals surface area contributed by atoms with E-state index in [0.717, 1.165) is 10.6 Å². The zero-order chi connectivity index (χ0) is 14.6. The lowest BCUT2D eigenvalue weighted by molar-refractivity contribution is -0.274. The fraction of sp³-hybridized carbons (Fsp3) is 0.308. The standard InChI is InChI=1S/C13H13F3N2OS/c1-9-12(20-8-18-9)7-17-6-10-4-2-3-5-11(10)19-13(14,15)16/h2-5,8,17H,6-7H2,1H3. The third-order valence-electron chi connectivity index (χ3n) is 2.64. The molecule has 0 saturated carbocycles. The van der Waals surface area contributed by atoms with Crippen LogP contribution in [-0.2, 0) is 13.1 Å².